The van der Waals surface area contributed by atoms with Gasteiger partial charge < -0.3 is 19.4 Å². The van der Waals surface area contributed by atoms with Crippen LogP contribution in [0.15, 0.2) is 31.0 Å². The summed E-state index contributed by atoms with van der Waals surface area (Å²) in [6.07, 6.45) is 6.92. The molecule has 0 unspecified atom stereocenters. The minimum Gasteiger partial charge on any atom is -0.378 e. The number of hydrogen-bond acceptors (Lipinski definition) is 8. The molecular formula is C16H21N7O. The van der Waals surface area contributed by atoms with E-state index < -0.39 is 0 Å². The molecule has 0 spiro atoms. The van der Waals surface area contributed by atoms with Crippen molar-refractivity contribution in [3.63, 3.8) is 0 Å². The van der Waals surface area contributed by atoms with E-state index in [1.807, 2.05) is 6.20 Å². The van der Waals surface area contributed by atoms with Crippen molar-refractivity contribution >= 4 is 17.5 Å². The lowest BCUT2D eigenvalue weighted by Gasteiger charge is -2.36. The molecule has 0 saturated carbocycles. The van der Waals surface area contributed by atoms with E-state index in [0.717, 1.165) is 69.9 Å². The van der Waals surface area contributed by atoms with Crippen LogP contribution in [0, 0.1) is 0 Å². The van der Waals surface area contributed by atoms with Crippen molar-refractivity contribution in [1.82, 2.24) is 19.9 Å². The predicted molar refractivity (Wildman–Crippen MR) is 91.5 cm³/mol. The number of ether oxygens (including phenoxy) is 1. The fourth-order valence-electron chi connectivity index (χ4n) is 3.09. The van der Waals surface area contributed by atoms with E-state index in [9.17, 15) is 0 Å². The second kappa shape index (κ2) is 6.96. The van der Waals surface area contributed by atoms with Gasteiger partial charge in [-0.3, -0.25) is 4.98 Å². The molecule has 2 aromatic heterocycles. The van der Waals surface area contributed by atoms with Gasteiger partial charge in [-0.1, -0.05) is 0 Å². The molecule has 2 aromatic rings. The van der Waals surface area contributed by atoms with Crippen molar-refractivity contribution in [1.29, 1.82) is 0 Å². The Labute approximate surface area is 141 Å². The van der Waals surface area contributed by atoms with E-state index in [-0.39, 0.29) is 0 Å². The molecule has 2 saturated heterocycles. The Kier molecular flexibility index (Phi) is 4.37. The summed E-state index contributed by atoms with van der Waals surface area (Å²) in [6.45, 7) is 6.94. The first-order valence-corrected chi connectivity index (χ1v) is 8.31. The van der Waals surface area contributed by atoms with E-state index >= 15 is 0 Å². The summed E-state index contributed by atoms with van der Waals surface area (Å²) in [5.41, 5.74) is 0. The van der Waals surface area contributed by atoms with E-state index in [1.54, 1.807) is 18.7 Å². The molecule has 8 nitrogen and oxygen atoms in total. The maximum atomic E-state index is 5.41. The lowest BCUT2D eigenvalue weighted by atomic mass is 10.3. The van der Waals surface area contributed by atoms with E-state index in [4.69, 9.17) is 4.74 Å². The Balaban J connectivity index is 1.42. The number of anilines is 3. The van der Waals surface area contributed by atoms with Gasteiger partial charge in [0.2, 0.25) is 0 Å². The zero-order valence-electron chi connectivity index (χ0n) is 13.6. The summed E-state index contributed by atoms with van der Waals surface area (Å²) in [6, 6.07) is 2.09. The molecule has 8 heteroatoms. The number of hydrogen-bond donors (Lipinski definition) is 0. The first-order valence-electron chi connectivity index (χ1n) is 8.31. The smallest absolute Gasteiger partial charge is 0.147 e. The zero-order valence-corrected chi connectivity index (χ0v) is 13.6. The van der Waals surface area contributed by atoms with Gasteiger partial charge in [0, 0.05) is 57.7 Å². The summed E-state index contributed by atoms with van der Waals surface area (Å²) >= 11 is 0. The molecule has 0 aliphatic carbocycles. The number of nitrogens with zero attached hydrogens (tertiary/aromatic N) is 7. The summed E-state index contributed by atoms with van der Waals surface area (Å²) in [5, 5.41) is 0. The molecule has 0 bridgehead atoms. The Morgan fingerprint density at radius 2 is 1.33 bits per heavy atom. The van der Waals surface area contributed by atoms with Crippen LogP contribution in [-0.4, -0.2) is 72.4 Å². The van der Waals surface area contributed by atoms with E-state index in [0.29, 0.717) is 0 Å². The molecule has 2 aliphatic heterocycles. The molecule has 0 amide bonds. The number of rotatable bonds is 3. The van der Waals surface area contributed by atoms with Gasteiger partial charge in [0.25, 0.3) is 0 Å². The summed E-state index contributed by atoms with van der Waals surface area (Å²) in [4.78, 5) is 24.2. The first kappa shape index (κ1) is 15.1. The lowest BCUT2D eigenvalue weighted by molar-refractivity contribution is 0.122. The normalized spacial score (nSPS) is 18.8. The van der Waals surface area contributed by atoms with Crippen molar-refractivity contribution in [2.45, 2.75) is 0 Å². The average Bonchev–Trinajstić information content (AvgIpc) is 2.70. The van der Waals surface area contributed by atoms with Gasteiger partial charge in [0.1, 0.15) is 23.8 Å². The molecule has 0 radical (unpaired) electrons. The molecule has 2 aliphatic rings. The summed E-state index contributed by atoms with van der Waals surface area (Å²) in [7, 11) is 0. The van der Waals surface area contributed by atoms with Crippen LogP contribution in [0.3, 0.4) is 0 Å². The maximum absolute atomic E-state index is 5.41. The van der Waals surface area contributed by atoms with Crippen LogP contribution < -0.4 is 14.7 Å². The molecule has 4 heterocycles. The van der Waals surface area contributed by atoms with Gasteiger partial charge in [-0.2, -0.15) is 0 Å². The number of morpholine rings is 1. The molecule has 0 aromatic carbocycles. The molecular weight excluding hydrogens is 306 g/mol. The minimum absolute atomic E-state index is 0.760. The fourth-order valence-corrected chi connectivity index (χ4v) is 3.09. The van der Waals surface area contributed by atoms with Crippen LogP contribution in [0.5, 0.6) is 0 Å². The Morgan fingerprint density at radius 1 is 0.708 bits per heavy atom. The average molecular weight is 327 g/mol. The Morgan fingerprint density at radius 3 is 1.96 bits per heavy atom. The highest BCUT2D eigenvalue weighted by Crippen LogP contribution is 2.21. The van der Waals surface area contributed by atoms with Crippen molar-refractivity contribution in [2.24, 2.45) is 0 Å². The molecule has 126 valence electrons. The summed E-state index contributed by atoms with van der Waals surface area (Å²) in [5.74, 6) is 2.92. The van der Waals surface area contributed by atoms with Crippen LogP contribution >= 0.6 is 0 Å². The molecule has 4 rings (SSSR count). The van der Waals surface area contributed by atoms with Crippen LogP contribution in [0.25, 0.3) is 0 Å². The number of piperazine rings is 1. The number of aromatic nitrogens is 4. The van der Waals surface area contributed by atoms with Crippen LogP contribution in [0.2, 0.25) is 0 Å². The third-order valence-corrected chi connectivity index (χ3v) is 4.45. The minimum atomic E-state index is 0.760. The molecule has 24 heavy (non-hydrogen) atoms. The van der Waals surface area contributed by atoms with Crippen LogP contribution in [-0.2, 0) is 4.74 Å². The maximum Gasteiger partial charge on any atom is 0.147 e. The topological polar surface area (TPSA) is 70.5 Å². The highest BCUT2D eigenvalue weighted by molar-refractivity contribution is 5.51. The standard InChI is InChI=1S/C16H21N7O/c1-2-18-16(12-17-1)22-5-3-21(4-6-22)14-11-15(20-13-19-14)23-7-9-24-10-8-23/h1-2,11-13H,3-10H2. The zero-order chi connectivity index (χ0) is 16.2. The van der Waals surface area contributed by atoms with Crippen molar-refractivity contribution in [3.8, 4) is 0 Å². The van der Waals surface area contributed by atoms with Crippen molar-refractivity contribution in [2.75, 3.05) is 67.2 Å². The van der Waals surface area contributed by atoms with E-state index in [1.165, 1.54) is 0 Å². The highest BCUT2D eigenvalue weighted by atomic mass is 16.5. The second-order valence-electron chi connectivity index (χ2n) is 5.87. The van der Waals surface area contributed by atoms with Gasteiger partial charge in [-0.15, -0.1) is 0 Å². The van der Waals surface area contributed by atoms with Crippen molar-refractivity contribution < 1.29 is 4.74 Å². The predicted octanol–water partition coefficient (Wildman–Crippen LogP) is 0.430. The van der Waals surface area contributed by atoms with Gasteiger partial charge in [-0.05, 0) is 0 Å². The third-order valence-electron chi connectivity index (χ3n) is 4.45. The lowest BCUT2D eigenvalue weighted by Crippen LogP contribution is -2.47. The van der Waals surface area contributed by atoms with Gasteiger partial charge in [0.05, 0.1) is 19.4 Å². The monoisotopic (exact) mass is 327 g/mol. The first-order chi connectivity index (χ1) is 11.9. The third kappa shape index (κ3) is 3.23. The molecule has 0 N–H and O–H groups in total. The van der Waals surface area contributed by atoms with Gasteiger partial charge in [0.15, 0.2) is 0 Å². The summed E-state index contributed by atoms with van der Waals surface area (Å²) < 4.78 is 5.41. The second-order valence-corrected chi connectivity index (χ2v) is 5.87. The van der Waals surface area contributed by atoms with E-state index in [2.05, 4.69) is 40.7 Å². The Hall–Kier alpha value is -2.48. The van der Waals surface area contributed by atoms with Crippen molar-refractivity contribution in [3.05, 3.63) is 31.0 Å². The highest BCUT2D eigenvalue weighted by Gasteiger charge is 2.20. The van der Waals surface area contributed by atoms with Gasteiger partial charge >= 0.3 is 0 Å². The molecule has 0 atom stereocenters. The Bertz CT molecular complexity index is 654. The van der Waals surface area contributed by atoms with Gasteiger partial charge in [-0.25, -0.2) is 15.0 Å². The van der Waals surface area contributed by atoms with Crippen LogP contribution in [0.1, 0.15) is 0 Å². The fraction of sp³-hybridized carbons (Fsp3) is 0.500. The quantitative estimate of drug-likeness (QED) is 0.804. The largest absolute Gasteiger partial charge is 0.378 e. The molecule has 2 fully saturated rings. The SMILES string of the molecule is c1cnc(N2CCN(c3cc(N4CCOCC4)ncn3)CC2)cn1. The van der Waals surface area contributed by atoms with Crippen LogP contribution in [0.4, 0.5) is 17.5 Å².